The van der Waals surface area contributed by atoms with Gasteiger partial charge in [0.05, 0.1) is 12.2 Å². The molecule has 0 bridgehead atoms. The second kappa shape index (κ2) is 10.6. The molecule has 2 N–H and O–H groups in total. The number of aromatic nitrogens is 1. The average molecular weight is 394 g/mol. The molecule has 0 saturated carbocycles. The molecular weight excluding hydrogens is 366 g/mol. The summed E-state index contributed by atoms with van der Waals surface area (Å²) in [7, 11) is 0. The predicted octanol–water partition coefficient (Wildman–Crippen LogP) is 3.89. The fourth-order valence-corrected chi connectivity index (χ4v) is 2.88. The topological polar surface area (TPSA) is 71.7 Å². The summed E-state index contributed by atoms with van der Waals surface area (Å²) in [4.78, 5) is 4.50. The number of aliphatic imine (C=N–C) groups is 1. The average Bonchev–Trinajstić information content (AvgIpc) is 2.96. The van der Waals surface area contributed by atoms with Crippen LogP contribution in [0.25, 0.3) is 0 Å². The molecule has 0 radical (unpaired) electrons. The summed E-state index contributed by atoms with van der Waals surface area (Å²) >= 11 is 0. The Labute approximate surface area is 164 Å². The zero-order valence-corrected chi connectivity index (χ0v) is 16.8. The summed E-state index contributed by atoms with van der Waals surface area (Å²) in [5.74, 6) is 1.63. The van der Waals surface area contributed by atoms with Gasteiger partial charge in [-0.3, -0.25) is 0 Å². The highest BCUT2D eigenvalue weighted by Crippen LogP contribution is 2.23. The molecule has 2 rings (SSSR count). The van der Waals surface area contributed by atoms with Crippen molar-refractivity contribution in [3.63, 3.8) is 0 Å². The molecule has 0 aliphatic rings. The summed E-state index contributed by atoms with van der Waals surface area (Å²) in [5, 5.41) is 10.4. The zero-order valence-electron chi connectivity index (χ0n) is 16.8. The molecule has 1 aromatic carbocycles. The number of nitrogens with one attached hydrogen (secondary N) is 2. The second-order valence-electron chi connectivity index (χ2n) is 6.52. The Morgan fingerprint density at radius 3 is 2.68 bits per heavy atom. The van der Waals surface area contributed by atoms with Crippen LogP contribution >= 0.6 is 0 Å². The van der Waals surface area contributed by atoms with Gasteiger partial charge in [0.25, 0.3) is 0 Å². The highest BCUT2D eigenvalue weighted by molar-refractivity contribution is 5.79. The summed E-state index contributed by atoms with van der Waals surface area (Å²) < 4.78 is 35.0. The minimum absolute atomic E-state index is 0.151. The van der Waals surface area contributed by atoms with Crippen LogP contribution in [-0.2, 0) is 13.0 Å². The van der Waals surface area contributed by atoms with E-state index in [1.807, 2.05) is 33.8 Å². The van der Waals surface area contributed by atoms with Crippen LogP contribution in [0.1, 0.15) is 41.5 Å². The number of ether oxygens (including phenoxy) is 1. The lowest BCUT2D eigenvalue weighted by Gasteiger charge is -2.13. The molecule has 0 spiro atoms. The molecule has 2 aromatic rings. The lowest BCUT2D eigenvalue weighted by atomic mass is 10.1. The van der Waals surface area contributed by atoms with Crippen LogP contribution in [-0.4, -0.2) is 30.8 Å². The van der Waals surface area contributed by atoms with E-state index in [2.05, 4.69) is 25.5 Å². The van der Waals surface area contributed by atoms with E-state index in [1.54, 1.807) is 12.1 Å². The molecule has 0 aliphatic heterocycles. The Bertz CT molecular complexity index is 771. The van der Waals surface area contributed by atoms with Crippen LogP contribution in [0.2, 0.25) is 0 Å². The number of hydrogen-bond acceptors (Lipinski definition) is 4. The van der Waals surface area contributed by atoms with Crippen molar-refractivity contribution in [3.05, 3.63) is 46.3 Å². The Kier molecular flexibility index (Phi) is 8.22. The normalized spacial score (nSPS) is 11.8. The molecule has 0 fully saturated rings. The Morgan fingerprint density at radius 1 is 1.25 bits per heavy atom. The van der Waals surface area contributed by atoms with Crippen molar-refractivity contribution in [2.24, 2.45) is 4.99 Å². The highest BCUT2D eigenvalue weighted by atomic mass is 19.3. The summed E-state index contributed by atoms with van der Waals surface area (Å²) in [6, 6.07) is 5.10. The Balaban J connectivity index is 1.95. The third-order valence-electron chi connectivity index (χ3n) is 4.26. The van der Waals surface area contributed by atoms with Crippen LogP contribution < -0.4 is 15.4 Å². The molecule has 0 saturated heterocycles. The lowest BCUT2D eigenvalue weighted by Crippen LogP contribution is -2.37. The fraction of sp³-hybridized carbons (Fsp3) is 0.500. The third-order valence-corrected chi connectivity index (χ3v) is 4.26. The van der Waals surface area contributed by atoms with Gasteiger partial charge in [-0.05, 0) is 46.6 Å². The summed E-state index contributed by atoms with van der Waals surface area (Å²) in [6.07, 6.45) is 1.75. The SMILES string of the molecule is CCNC(=NCc1cc(C)ccc1OC(F)F)NCCCc1c(C)noc1C. The van der Waals surface area contributed by atoms with Crippen molar-refractivity contribution in [2.45, 2.75) is 53.7 Å². The van der Waals surface area contributed by atoms with Crippen molar-refractivity contribution in [1.82, 2.24) is 15.8 Å². The second-order valence-corrected chi connectivity index (χ2v) is 6.52. The molecule has 8 heteroatoms. The standard InChI is InChI=1S/C20H28F2N4O2/c1-5-23-20(24-10-6-7-17-14(3)26-28-15(17)4)25-12-16-11-13(2)8-9-18(16)27-19(21)22/h8-9,11,19H,5-7,10,12H2,1-4H3,(H2,23,24,25). The summed E-state index contributed by atoms with van der Waals surface area (Å²) in [6.45, 7) is 6.51. The van der Waals surface area contributed by atoms with E-state index in [9.17, 15) is 8.78 Å². The molecule has 6 nitrogen and oxygen atoms in total. The van der Waals surface area contributed by atoms with E-state index in [4.69, 9.17) is 4.52 Å². The number of guanidine groups is 1. The number of benzene rings is 1. The van der Waals surface area contributed by atoms with Crippen molar-refractivity contribution < 1.29 is 18.0 Å². The van der Waals surface area contributed by atoms with Crippen molar-refractivity contribution in [3.8, 4) is 5.75 Å². The first-order valence-corrected chi connectivity index (χ1v) is 9.39. The Morgan fingerprint density at radius 2 is 2.04 bits per heavy atom. The van der Waals surface area contributed by atoms with E-state index >= 15 is 0 Å². The number of halogens is 2. The van der Waals surface area contributed by atoms with Gasteiger partial charge in [0.1, 0.15) is 11.5 Å². The first-order valence-electron chi connectivity index (χ1n) is 9.39. The van der Waals surface area contributed by atoms with Gasteiger partial charge in [-0.25, -0.2) is 4.99 Å². The van der Waals surface area contributed by atoms with E-state index in [0.717, 1.165) is 35.4 Å². The predicted molar refractivity (Wildman–Crippen MR) is 105 cm³/mol. The van der Waals surface area contributed by atoms with Crippen LogP contribution in [0.15, 0.2) is 27.7 Å². The van der Waals surface area contributed by atoms with Gasteiger partial charge in [0.15, 0.2) is 5.96 Å². The quantitative estimate of drug-likeness (QED) is 0.384. The summed E-state index contributed by atoms with van der Waals surface area (Å²) in [5.41, 5.74) is 3.64. The van der Waals surface area contributed by atoms with E-state index in [0.29, 0.717) is 24.6 Å². The van der Waals surface area contributed by atoms with Gasteiger partial charge in [-0.15, -0.1) is 0 Å². The number of hydrogen-bond donors (Lipinski definition) is 2. The fourth-order valence-electron chi connectivity index (χ4n) is 2.88. The molecule has 1 aromatic heterocycles. The number of rotatable bonds is 9. The smallest absolute Gasteiger partial charge is 0.387 e. The molecule has 0 amide bonds. The van der Waals surface area contributed by atoms with Gasteiger partial charge in [0.2, 0.25) is 0 Å². The maximum absolute atomic E-state index is 12.6. The Hall–Kier alpha value is -2.64. The van der Waals surface area contributed by atoms with Gasteiger partial charge in [-0.1, -0.05) is 22.9 Å². The number of aryl methyl sites for hydroxylation is 3. The number of alkyl halides is 2. The van der Waals surface area contributed by atoms with Crippen LogP contribution in [0.4, 0.5) is 8.78 Å². The van der Waals surface area contributed by atoms with Crippen molar-refractivity contribution in [1.29, 1.82) is 0 Å². The van der Waals surface area contributed by atoms with Crippen LogP contribution in [0, 0.1) is 20.8 Å². The van der Waals surface area contributed by atoms with Gasteiger partial charge in [-0.2, -0.15) is 8.78 Å². The van der Waals surface area contributed by atoms with Crippen LogP contribution in [0.3, 0.4) is 0 Å². The van der Waals surface area contributed by atoms with Crippen molar-refractivity contribution in [2.75, 3.05) is 13.1 Å². The van der Waals surface area contributed by atoms with E-state index in [-0.39, 0.29) is 12.3 Å². The molecule has 0 unspecified atom stereocenters. The highest BCUT2D eigenvalue weighted by Gasteiger charge is 2.11. The monoisotopic (exact) mass is 394 g/mol. The van der Waals surface area contributed by atoms with Gasteiger partial charge >= 0.3 is 6.61 Å². The minimum Gasteiger partial charge on any atom is -0.434 e. The zero-order chi connectivity index (χ0) is 20.5. The maximum atomic E-state index is 12.6. The first-order chi connectivity index (χ1) is 13.4. The molecule has 154 valence electrons. The molecule has 0 aliphatic carbocycles. The minimum atomic E-state index is -2.86. The molecule has 1 heterocycles. The van der Waals surface area contributed by atoms with Gasteiger partial charge < -0.3 is 19.9 Å². The van der Waals surface area contributed by atoms with Gasteiger partial charge in [0, 0.05) is 24.2 Å². The molecular formula is C20H28F2N4O2. The third kappa shape index (κ3) is 6.51. The van der Waals surface area contributed by atoms with Crippen molar-refractivity contribution >= 4 is 5.96 Å². The number of nitrogens with zero attached hydrogens (tertiary/aromatic N) is 2. The molecule has 28 heavy (non-hydrogen) atoms. The van der Waals surface area contributed by atoms with E-state index in [1.165, 1.54) is 0 Å². The first kappa shape index (κ1) is 21.7. The maximum Gasteiger partial charge on any atom is 0.387 e. The largest absolute Gasteiger partial charge is 0.434 e. The lowest BCUT2D eigenvalue weighted by molar-refractivity contribution is -0.0504. The molecule has 0 atom stereocenters. The van der Waals surface area contributed by atoms with E-state index < -0.39 is 6.61 Å². The van der Waals surface area contributed by atoms with Crippen LogP contribution in [0.5, 0.6) is 5.75 Å².